The van der Waals surface area contributed by atoms with Crippen LogP contribution in [0.5, 0.6) is 5.75 Å². The fourth-order valence-electron chi connectivity index (χ4n) is 3.96. The molecule has 4 aromatic rings. The SMILES string of the molecule is COc1ccc2c(c1)CCCN2C(=O)c1nc(-c2ccccc2)n(-c2ccccc2)n1. The number of para-hydroxylation sites is 1. The van der Waals surface area contributed by atoms with Crippen molar-refractivity contribution in [3.8, 4) is 22.8 Å². The Hall–Kier alpha value is -3.93. The molecule has 0 spiro atoms. The van der Waals surface area contributed by atoms with E-state index in [1.54, 1.807) is 16.7 Å². The molecule has 0 saturated carbocycles. The van der Waals surface area contributed by atoms with E-state index in [2.05, 4.69) is 10.1 Å². The molecule has 1 aliphatic rings. The summed E-state index contributed by atoms with van der Waals surface area (Å²) in [5, 5.41) is 4.63. The molecule has 0 saturated heterocycles. The molecular formula is C25H22N4O2. The first kappa shape index (κ1) is 19.1. The topological polar surface area (TPSA) is 60.2 Å². The Balaban J connectivity index is 1.57. The Morgan fingerprint density at radius 2 is 1.71 bits per heavy atom. The normalized spacial score (nSPS) is 13.0. The van der Waals surface area contributed by atoms with Crippen LogP contribution in [0.1, 0.15) is 22.6 Å². The van der Waals surface area contributed by atoms with Crippen molar-refractivity contribution < 1.29 is 9.53 Å². The Kier molecular flexibility index (Phi) is 4.96. The summed E-state index contributed by atoms with van der Waals surface area (Å²) in [6, 6.07) is 25.4. The third-order valence-corrected chi connectivity index (χ3v) is 5.48. The average Bonchev–Trinajstić information content (AvgIpc) is 3.29. The Morgan fingerprint density at radius 1 is 0.968 bits per heavy atom. The van der Waals surface area contributed by atoms with Gasteiger partial charge in [-0.3, -0.25) is 4.79 Å². The van der Waals surface area contributed by atoms with Crippen molar-refractivity contribution in [1.29, 1.82) is 0 Å². The lowest BCUT2D eigenvalue weighted by Gasteiger charge is -2.28. The standard InChI is InChI=1S/C25H22N4O2/c1-31-21-14-15-22-19(17-21)11-8-16-28(22)25(30)23-26-24(18-9-4-2-5-10-18)29(27-23)20-12-6-3-7-13-20/h2-7,9-10,12-15,17H,8,11,16H2,1H3. The molecule has 1 aliphatic heterocycles. The zero-order valence-electron chi connectivity index (χ0n) is 17.2. The number of aryl methyl sites for hydroxylation is 1. The number of anilines is 1. The van der Waals surface area contributed by atoms with Crippen LogP contribution in [0.25, 0.3) is 17.1 Å². The van der Waals surface area contributed by atoms with E-state index >= 15 is 0 Å². The molecule has 0 N–H and O–H groups in total. The maximum Gasteiger partial charge on any atom is 0.297 e. The molecule has 2 heterocycles. The van der Waals surface area contributed by atoms with Crippen LogP contribution in [0.15, 0.2) is 78.9 Å². The van der Waals surface area contributed by atoms with E-state index in [1.165, 1.54) is 0 Å². The largest absolute Gasteiger partial charge is 0.497 e. The molecule has 0 atom stereocenters. The number of nitrogens with zero attached hydrogens (tertiary/aromatic N) is 4. The molecule has 0 fully saturated rings. The van der Waals surface area contributed by atoms with Crippen molar-refractivity contribution in [1.82, 2.24) is 14.8 Å². The van der Waals surface area contributed by atoms with Crippen molar-refractivity contribution in [2.45, 2.75) is 12.8 Å². The molecule has 1 amide bonds. The zero-order valence-corrected chi connectivity index (χ0v) is 17.2. The molecule has 0 aliphatic carbocycles. The van der Waals surface area contributed by atoms with E-state index in [0.717, 1.165) is 41.1 Å². The number of aromatic nitrogens is 3. The highest BCUT2D eigenvalue weighted by atomic mass is 16.5. The quantitative estimate of drug-likeness (QED) is 0.496. The second kappa shape index (κ2) is 8.07. The maximum atomic E-state index is 13.5. The van der Waals surface area contributed by atoms with Gasteiger partial charge in [0.2, 0.25) is 5.82 Å². The van der Waals surface area contributed by atoms with Crippen LogP contribution in [-0.4, -0.2) is 34.3 Å². The molecule has 6 heteroatoms. The van der Waals surface area contributed by atoms with Gasteiger partial charge in [-0.05, 0) is 48.7 Å². The van der Waals surface area contributed by atoms with Gasteiger partial charge < -0.3 is 9.64 Å². The predicted molar refractivity (Wildman–Crippen MR) is 120 cm³/mol. The van der Waals surface area contributed by atoms with Gasteiger partial charge in [-0.2, -0.15) is 0 Å². The highest BCUT2D eigenvalue weighted by Crippen LogP contribution is 2.31. The molecule has 5 rings (SSSR count). The second-order valence-corrected chi connectivity index (χ2v) is 7.43. The number of benzene rings is 3. The van der Waals surface area contributed by atoms with E-state index in [9.17, 15) is 4.79 Å². The van der Waals surface area contributed by atoms with Crippen molar-refractivity contribution in [2.24, 2.45) is 0 Å². The van der Waals surface area contributed by atoms with Crippen molar-refractivity contribution in [3.63, 3.8) is 0 Å². The summed E-state index contributed by atoms with van der Waals surface area (Å²) in [6.45, 7) is 0.638. The Morgan fingerprint density at radius 3 is 2.45 bits per heavy atom. The molecular weight excluding hydrogens is 388 g/mol. The number of methoxy groups -OCH3 is 1. The summed E-state index contributed by atoms with van der Waals surface area (Å²) in [5.74, 6) is 1.43. The average molecular weight is 410 g/mol. The van der Waals surface area contributed by atoms with Crippen LogP contribution >= 0.6 is 0 Å². The van der Waals surface area contributed by atoms with Crippen LogP contribution in [0.4, 0.5) is 5.69 Å². The van der Waals surface area contributed by atoms with Crippen LogP contribution < -0.4 is 9.64 Å². The highest BCUT2D eigenvalue weighted by molar-refractivity contribution is 6.04. The number of hydrogen-bond donors (Lipinski definition) is 0. The van der Waals surface area contributed by atoms with Gasteiger partial charge in [0.05, 0.1) is 12.8 Å². The summed E-state index contributed by atoms with van der Waals surface area (Å²) in [4.78, 5) is 20.0. The third kappa shape index (κ3) is 3.57. The van der Waals surface area contributed by atoms with Gasteiger partial charge >= 0.3 is 0 Å². The first-order valence-corrected chi connectivity index (χ1v) is 10.3. The molecule has 31 heavy (non-hydrogen) atoms. The first-order valence-electron chi connectivity index (χ1n) is 10.3. The van der Waals surface area contributed by atoms with Gasteiger partial charge in [-0.1, -0.05) is 48.5 Å². The summed E-state index contributed by atoms with van der Waals surface area (Å²) in [7, 11) is 1.65. The van der Waals surface area contributed by atoms with Crippen molar-refractivity contribution >= 4 is 11.6 Å². The minimum absolute atomic E-state index is 0.186. The summed E-state index contributed by atoms with van der Waals surface area (Å²) in [6.07, 6.45) is 1.80. The van der Waals surface area contributed by atoms with Crippen molar-refractivity contribution in [3.05, 3.63) is 90.3 Å². The van der Waals surface area contributed by atoms with E-state index in [4.69, 9.17) is 4.74 Å². The fraction of sp³-hybridized carbons (Fsp3) is 0.160. The smallest absolute Gasteiger partial charge is 0.297 e. The highest BCUT2D eigenvalue weighted by Gasteiger charge is 2.28. The summed E-state index contributed by atoms with van der Waals surface area (Å²) in [5.41, 5.74) is 3.76. The number of amides is 1. The minimum atomic E-state index is -0.196. The lowest BCUT2D eigenvalue weighted by molar-refractivity contribution is 0.0975. The number of rotatable bonds is 4. The lowest BCUT2D eigenvalue weighted by Crippen LogP contribution is -2.36. The molecule has 154 valence electrons. The van der Waals surface area contributed by atoms with Crippen molar-refractivity contribution in [2.75, 3.05) is 18.6 Å². The number of carbonyl (C=O) groups is 1. The lowest BCUT2D eigenvalue weighted by atomic mass is 10.0. The summed E-state index contributed by atoms with van der Waals surface area (Å²) >= 11 is 0. The Bertz CT molecular complexity index is 1160. The zero-order chi connectivity index (χ0) is 21.2. The second-order valence-electron chi connectivity index (χ2n) is 7.43. The third-order valence-electron chi connectivity index (χ3n) is 5.48. The molecule has 0 unspecified atom stereocenters. The number of fused-ring (bicyclic) bond motifs is 1. The van der Waals surface area contributed by atoms with Gasteiger partial charge in [0.15, 0.2) is 5.82 Å². The summed E-state index contributed by atoms with van der Waals surface area (Å²) < 4.78 is 7.08. The van der Waals surface area contributed by atoms with E-state index in [0.29, 0.717) is 12.4 Å². The number of carbonyl (C=O) groups excluding carboxylic acids is 1. The molecule has 0 bridgehead atoms. The van der Waals surface area contributed by atoms with Gasteiger partial charge in [-0.25, -0.2) is 9.67 Å². The minimum Gasteiger partial charge on any atom is -0.497 e. The van der Waals surface area contributed by atoms with Gasteiger partial charge in [-0.15, -0.1) is 5.10 Å². The van der Waals surface area contributed by atoms with Gasteiger partial charge in [0.25, 0.3) is 5.91 Å². The van der Waals surface area contributed by atoms with E-state index in [-0.39, 0.29) is 11.7 Å². The molecule has 6 nitrogen and oxygen atoms in total. The molecule has 1 aromatic heterocycles. The fourth-order valence-corrected chi connectivity index (χ4v) is 3.96. The number of hydrogen-bond acceptors (Lipinski definition) is 4. The van der Waals surface area contributed by atoms with Gasteiger partial charge in [0, 0.05) is 17.8 Å². The maximum absolute atomic E-state index is 13.5. The van der Waals surface area contributed by atoms with Gasteiger partial charge in [0.1, 0.15) is 5.75 Å². The predicted octanol–water partition coefficient (Wildman–Crippen LogP) is 4.54. The number of ether oxygens (including phenoxy) is 1. The monoisotopic (exact) mass is 410 g/mol. The first-order chi connectivity index (χ1) is 15.2. The van der Waals surface area contributed by atoms with Crippen LogP contribution in [-0.2, 0) is 6.42 Å². The van der Waals surface area contributed by atoms with E-state index in [1.807, 2.05) is 78.9 Å². The van der Waals surface area contributed by atoms with Crippen LogP contribution in [0.3, 0.4) is 0 Å². The van der Waals surface area contributed by atoms with Crippen LogP contribution in [0.2, 0.25) is 0 Å². The molecule has 0 radical (unpaired) electrons. The van der Waals surface area contributed by atoms with E-state index < -0.39 is 0 Å². The molecule has 3 aromatic carbocycles. The van der Waals surface area contributed by atoms with Crippen LogP contribution in [0, 0.1) is 0 Å². The Labute approximate surface area is 180 Å².